The summed E-state index contributed by atoms with van der Waals surface area (Å²) in [5.41, 5.74) is 5.14. The van der Waals surface area contributed by atoms with Crippen molar-refractivity contribution in [3.63, 3.8) is 0 Å². The summed E-state index contributed by atoms with van der Waals surface area (Å²) in [6.45, 7) is 0. The second-order valence-corrected chi connectivity index (χ2v) is 9.14. The topological polar surface area (TPSA) is 24.1 Å². The van der Waals surface area contributed by atoms with Crippen molar-refractivity contribution in [2.75, 3.05) is 10.0 Å². The molecule has 3 aromatic carbocycles. The fraction of sp³-hybridized carbons (Fsp3) is 0.167. The van der Waals surface area contributed by atoms with Crippen LogP contribution in [0.1, 0.15) is 29.5 Å². The van der Waals surface area contributed by atoms with Crippen molar-refractivity contribution >= 4 is 39.3 Å². The predicted molar refractivity (Wildman–Crippen MR) is 123 cm³/mol. The number of nitrogens with one attached hydrogen (secondary N) is 2. The summed E-state index contributed by atoms with van der Waals surface area (Å²) in [7, 11) is 0. The molecule has 3 unspecified atom stereocenters. The summed E-state index contributed by atoms with van der Waals surface area (Å²) >= 11 is 5.22. The molecular weight excluding hydrogens is 428 g/mol. The molecule has 2 nitrogen and oxygen atoms in total. The van der Waals surface area contributed by atoms with E-state index >= 15 is 0 Å². The second kappa shape index (κ2) is 7.69. The van der Waals surface area contributed by atoms with Gasteiger partial charge in [-0.25, -0.2) is 0 Å². The van der Waals surface area contributed by atoms with Gasteiger partial charge in [-0.3, -0.25) is 0 Å². The average molecular weight is 449 g/mol. The molecule has 0 bridgehead atoms. The highest BCUT2D eigenvalue weighted by atomic mass is 79.9. The van der Waals surface area contributed by atoms with Gasteiger partial charge in [0.25, 0.3) is 0 Å². The Kier molecular flexibility index (Phi) is 4.91. The summed E-state index contributed by atoms with van der Waals surface area (Å²) in [4.78, 5) is 1.24. The maximum absolute atomic E-state index is 3.82. The minimum Gasteiger partial charge on any atom is -0.378 e. The summed E-state index contributed by atoms with van der Waals surface area (Å²) in [6, 6.07) is 26.2. The zero-order valence-electron chi connectivity index (χ0n) is 15.3. The Labute approximate surface area is 178 Å². The minimum absolute atomic E-state index is 0.349. The lowest BCUT2D eigenvalue weighted by molar-refractivity contribution is 0.425. The van der Waals surface area contributed by atoms with E-state index in [1.807, 2.05) is 6.07 Å². The van der Waals surface area contributed by atoms with E-state index in [1.165, 1.54) is 21.7 Å². The van der Waals surface area contributed by atoms with Gasteiger partial charge in [-0.1, -0.05) is 58.4 Å². The van der Waals surface area contributed by atoms with E-state index in [0.29, 0.717) is 17.9 Å². The van der Waals surface area contributed by atoms with Gasteiger partial charge >= 0.3 is 0 Å². The molecule has 28 heavy (non-hydrogen) atoms. The van der Waals surface area contributed by atoms with Gasteiger partial charge < -0.3 is 10.0 Å². The maximum atomic E-state index is 3.82. The van der Waals surface area contributed by atoms with Crippen LogP contribution in [-0.2, 0) is 0 Å². The molecule has 1 heterocycles. The Balaban J connectivity index is 1.41. The molecule has 0 amide bonds. The standard InChI is InChI=1S/C24H21BrN2S/c25-17-11-9-16(10-12-17)24-21-8-4-7-20(21)22-15-19(13-14-23(22)26-24)28-27-18-5-2-1-3-6-18/h1-7,9-15,20-21,24,26-27H,8H2. The molecule has 140 valence electrons. The van der Waals surface area contributed by atoms with E-state index in [-0.39, 0.29) is 0 Å². The van der Waals surface area contributed by atoms with Crippen molar-refractivity contribution in [3.05, 3.63) is 101 Å². The van der Waals surface area contributed by atoms with Crippen LogP contribution in [0.4, 0.5) is 11.4 Å². The van der Waals surface area contributed by atoms with Gasteiger partial charge in [0.05, 0.1) is 6.04 Å². The molecule has 3 aromatic rings. The van der Waals surface area contributed by atoms with Crippen molar-refractivity contribution in [2.24, 2.45) is 5.92 Å². The zero-order valence-corrected chi connectivity index (χ0v) is 17.7. The molecule has 4 heteroatoms. The molecule has 1 aliphatic carbocycles. The van der Waals surface area contributed by atoms with Crippen LogP contribution in [0.5, 0.6) is 0 Å². The maximum Gasteiger partial charge on any atom is 0.0553 e. The summed E-state index contributed by atoms with van der Waals surface area (Å²) in [5.74, 6) is 1.04. The fourth-order valence-electron chi connectivity index (χ4n) is 4.26. The summed E-state index contributed by atoms with van der Waals surface area (Å²) < 4.78 is 4.57. The van der Waals surface area contributed by atoms with Crippen LogP contribution < -0.4 is 10.0 Å². The molecule has 0 saturated carbocycles. The number of anilines is 2. The number of allylic oxidation sites excluding steroid dienone is 2. The Morgan fingerprint density at radius 1 is 0.964 bits per heavy atom. The van der Waals surface area contributed by atoms with Crippen LogP contribution in [0.15, 0.2) is 94.3 Å². The van der Waals surface area contributed by atoms with Crippen molar-refractivity contribution in [1.29, 1.82) is 0 Å². The average Bonchev–Trinajstić information content (AvgIpc) is 3.23. The molecule has 3 atom stereocenters. The zero-order chi connectivity index (χ0) is 18.9. The molecule has 0 fully saturated rings. The number of para-hydroxylation sites is 1. The lowest BCUT2D eigenvalue weighted by Crippen LogP contribution is -2.29. The van der Waals surface area contributed by atoms with Gasteiger partial charge in [0.1, 0.15) is 0 Å². The Bertz CT molecular complexity index is 1000. The van der Waals surface area contributed by atoms with Crippen LogP contribution in [-0.4, -0.2) is 0 Å². The number of fused-ring (bicyclic) bond motifs is 3. The van der Waals surface area contributed by atoms with Gasteiger partial charge in [-0.2, -0.15) is 0 Å². The first-order valence-corrected chi connectivity index (χ1v) is 11.2. The van der Waals surface area contributed by atoms with E-state index in [4.69, 9.17) is 0 Å². The first kappa shape index (κ1) is 17.9. The van der Waals surface area contributed by atoms with Gasteiger partial charge in [0, 0.05) is 26.7 Å². The van der Waals surface area contributed by atoms with Crippen molar-refractivity contribution < 1.29 is 0 Å². The van der Waals surface area contributed by atoms with Crippen LogP contribution >= 0.6 is 27.9 Å². The lowest BCUT2D eigenvalue weighted by Gasteiger charge is -2.37. The Morgan fingerprint density at radius 3 is 2.61 bits per heavy atom. The number of hydrogen-bond acceptors (Lipinski definition) is 3. The number of benzene rings is 3. The summed E-state index contributed by atoms with van der Waals surface area (Å²) in [6.07, 6.45) is 5.87. The molecule has 2 N–H and O–H groups in total. The van der Waals surface area contributed by atoms with Crippen LogP contribution in [0.25, 0.3) is 0 Å². The monoisotopic (exact) mass is 448 g/mol. The van der Waals surface area contributed by atoms with Gasteiger partial charge in [-0.15, -0.1) is 0 Å². The molecule has 0 aromatic heterocycles. The van der Waals surface area contributed by atoms with Crippen LogP contribution in [0, 0.1) is 5.92 Å². The van der Waals surface area contributed by atoms with E-state index in [9.17, 15) is 0 Å². The van der Waals surface area contributed by atoms with Gasteiger partial charge in [-0.05, 0) is 77.9 Å². The van der Waals surface area contributed by atoms with E-state index in [0.717, 1.165) is 16.6 Å². The fourth-order valence-corrected chi connectivity index (χ4v) is 5.22. The van der Waals surface area contributed by atoms with Crippen LogP contribution in [0.2, 0.25) is 0 Å². The SMILES string of the molecule is Brc1ccc(C2Nc3ccc(SNc4ccccc4)cc3C3C=CCC32)cc1. The second-order valence-electron chi connectivity index (χ2n) is 7.35. The van der Waals surface area contributed by atoms with E-state index in [1.54, 1.807) is 11.9 Å². The number of halogens is 1. The molecule has 0 radical (unpaired) electrons. The minimum atomic E-state index is 0.349. The third-order valence-electron chi connectivity index (χ3n) is 5.62. The molecule has 2 aliphatic rings. The molecule has 1 aliphatic heterocycles. The van der Waals surface area contributed by atoms with E-state index < -0.39 is 0 Å². The van der Waals surface area contributed by atoms with Gasteiger partial charge in [0.2, 0.25) is 0 Å². The van der Waals surface area contributed by atoms with Crippen LogP contribution in [0.3, 0.4) is 0 Å². The van der Waals surface area contributed by atoms with E-state index in [2.05, 4.69) is 105 Å². The predicted octanol–water partition coefficient (Wildman–Crippen LogP) is 7.39. The largest absolute Gasteiger partial charge is 0.378 e. The van der Waals surface area contributed by atoms with Crippen molar-refractivity contribution in [1.82, 2.24) is 0 Å². The van der Waals surface area contributed by atoms with Gasteiger partial charge in [0.15, 0.2) is 0 Å². The highest BCUT2D eigenvalue weighted by Gasteiger charge is 2.37. The first-order valence-electron chi connectivity index (χ1n) is 9.58. The molecular formula is C24H21BrN2S. The number of hydrogen-bond donors (Lipinski definition) is 2. The third-order valence-corrected chi connectivity index (χ3v) is 6.98. The summed E-state index contributed by atoms with van der Waals surface area (Å²) in [5, 5.41) is 3.82. The normalized spacial score (nSPS) is 22.2. The highest BCUT2D eigenvalue weighted by molar-refractivity contribution is 9.10. The molecule has 0 saturated heterocycles. The number of rotatable bonds is 4. The lowest BCUT2D eigenvalue weighted by atomic mass is 9.77. The Morgan fingerprint density at radius 2 is 1.79 bits per heavy atom. The Hall–Kier alpha value is -2.17. The first-order chi connectivity index (χ1) is 13.8. The molecule has 5 rings (SSSR count). The van der Waals surface area contributed by atoms with Crippen molar-refractivity contribution in [3.8, 4) is 0 Å². The quantitative estimate of drug-likeness (QED) is 0.321. The highest BCUT2D eigenvalue weighted by Crippen LogP contribution is 2.50. The molecule has 0 spiro atoms. The van der Waals surface area contributed by atoms with Crippen molar-refractivity contribution in [2.45, 2.75) is 23.3 Å². The smallest absolute Gasteiger partial charge is 0.0553 e. The third kappa shape index (κ3) is 3.47.